The summed E-state index contributed by atoms with van der Waals surface area (Å²) in [5.41, 5.74) is -2.22. The van der Waals surface area contributed by atoms with Gasteiger partial charge in [0.25, 0.3) is 0 Å². The van der Waals surface area contributed by atoms with Crippen molar-refractivity contribution >= 4 is 29.3 Å². The Morgan fingerprint density at radius 3 is 1.92 bits per heavy atom. The number of amides is 1. The highest BCUT2D eigenvalue weighted by atomic mass is 35.5. The van der Waals surface area contributed by atoms with E-state index in [0.717, 1.165) is 54.7 Å². The second-order valence-corrected chi connectivity index (χ2v) is 14.0. The molecule has 2 N–H and O–H groups in total. The monoisotopic (exact) mass is 738 g/mol. The van der Waals surface area contributed by atoms with E-state index < -0.39 is 41.7 Å². The minimum Gasteiger partial charge on any atom is -1.00 e. The molecule has 7 rings (SSSR count). The van der Waals surface area contributed by atoms with Gasteiger partial charge in [-0.15, -0.1) is 0 Å². The topological polar surface area (TPSA) is 61.0 Å². The van der Waals surface area contributed by atoms with E-state index in [4.69, 9.17) is 27.9 Å². The smallest absolute Gasteiger partial charge is 0.416 e. The van der Waals surface area contributed by atoms with E-state index >= 15 is 0 Å². The highest BCUT2D eigenvalue weighted by molar-refractivity contribution is 6.42. The molecule has 1 atom stereocenters. The Balaban J connectivity index is 0.00000260. The molecule has 3 aromatic rings. The minimum atomic E-state index is -5.00. The van der Waals surface area contributed by atoms with Crippen molar-refractivity contribution in [2.75, 3.05) is 32.7 Å². The molecular formula is C34H35Cl3F6N2O3. The third-order valence-corrected chi connectivity index (χ3v) is 11.0. The molecule has 48 heavy (non-hydrogen) atoms. The normalized spacial score (nSPS) is 25.3. The number of piperidine rings is 3. The van der Waals surface area contributed by atoms with E-state index in [2.05, 4.69) is 24.3 Å². The Kier molecular flexibility index (Phi) is 11.0. The van der Waals surface area contributed by atoms with Gasteiger partial charge < -0.3 is 27.1 Å². The molecule has 14 heteroatoms. The van der Waals surface area contributed by atoms with E-state index in [1.54, 1.807) is 18.2 Å². The van der Waals surface area contributed by atoms with Crippen LogP contribution in [0.2, 0.25) is 10.0 Å². The fourth-order valence-corrected chi connectivity index (χ4v) is 7.77. The number of halogens is 9. The van der Waals surface area contributed by atoms with Gasteiger partial charge in [-0.25, -0.2) is 4.79 Å². The van der Waals surface area contributed by atoms with Crippen molar-refractivity contribution < 1.29 is 58.2 Å². The van der Waals surface area contributed by atoms with Crippen LogP contribution in [0, 0.1) is 5.41 Å². The van der Waals surface area contributed by atoms with E-state index in [-0.39, 0.29) is 46.5 Å². The van der Waals surface area contributed by atoms with Gasteiger partial charge in [0.15, 0.2) is 5.60 Å². The summed E-state index contributed by atoms with van der Waals surface area (Å²) in [6.07, 6.45) is -6.16. The fourth-order valence-electron chi connectivity index (χ4n) is 7.47. The molecule has 4 fully saturated rings. The largest absolute Gasteiger partial charge is 1.00 e. The first kappa shape index (κ1) is 38.1. The van der Waals surface area contributed by atoms with Crippen LogP contribution in [0.4, 0.5) is 31.1 Å². The molecule has 4 saturated heterocycles. The first-order valence-corrected chi connectivity index (χ1v) is 16.0. The van der Waals surface area contributed by atoms with Gasteiger partial charge in [0, 0.05) is 32.2 Å². The lowest BCUT2D eigenvalue weighted by atomic mass is 9.67. The average molecular weight is 740 g/mol. The molecule has 3 aromatic carbocycles. The van der Waals surface area contributed by atoms with Gasteiger partial charge in [-0.05, 0) is 58.9 Å². The number of ether oxygens (including phenoxy) is 1. The molecule has 5 nitrogen and oxygen atoms in total. The number of rotatable bonds is 8. The number of fused-ring (bicyclic) bond motifs is 3. The summed E-state index contributed by atoms with van der Waals surface area (Å²) in [7, 11) is 0. The molecule has 262 valence electrons. The molecule has 0 aromatic heterocycles. The third-order valence-electron chi connectivity index (χ3n) is 10.2. The van der Waals surface area contributed by atoms with Gasteiger partial charge in [0.2, 0.25) is 0 Å². The number of benzene rings is 3. The van der Waals surface area contributed by atoms with Crippen molar-refractivity contribution in [2.45, 2.75) is 56.6 Å². The van der Waals surface area contributed by atoms with Crippen LogP contribution in [0.25, 0.3) is 0 Å². The van der Waals surface area contributed by atoms with E-state index in [1.807, 2.05) is 6.07 Å². The van der Waals surface area contributed by atoms with Crippen LogP contribution in [0.5, 0.6) is 0 Å². The molecule has 4 aliphatic rings. The van der Waals surface area contributed by atoms with Crippen molar-refractivity contribution in [3.8, 4) is 0 Å². The highest BCUT2D eigenvalue weighted by Gasteiger charge is 2.52. The van der Waals surface area contributed by atoms with Gasteiger partial charge in [-0.3, -0.25) is 4.90 Å². The van der Waals surface area contributed by atoms with Crippen molar-refractivity contribution in [3.63, 3.8) is 0 Å². The van der Waals surface area contributed by atoms with E-state index in [1.165, 1.54) is 5.56 Å². The van der Waals surface area contributed by atoms with Crippen molar-refractivity contribution in [2.24, 2.45) is 5.41 Å². The zero-order valence-corrected chi connectivity index (χ0v) is 28.0. The van der Waals surface area contributed by atoms with E-state index in [0.29, 0.717) is 35.7 Å². The Hall–Kier alpha value is -2.70. The van der Waals surface area contributed by atoms with Crippen LogP contribution in [0.15, 0.2) is 66.7 Å². The minimum absolute atomic E-state index is 0. The number of alkyl halides is 6. The van der Waals surface area contributed by atoms with Crippen molar-refractivity contribution in [1.82, 2.24) is 4.90 Å². The predicted molar refractivity (Wildman–Crippen MR) is 166 cm³/mol. The summed E-state index contributed by atoms with van der Waals surface area (Å²) in [4.78, 5) is 14.5. The number of cyclic esters (lactones) is 1. The number of carbonyl (C=O) groups excluding carboxylic acids is 1. The number of hydrogen-bond acceptors (Lipinski definition) is 2. The summed E-state index contributed by atoms with van der Waals surface area (Å²) in [6.45, 7) is 3.06. The number of hydrogen-bond donors (Lipinski definition) is 0. The second-order valence-electron chi connectivity index (χ2n) is 13.2. The molecular weight excluding hydrogens is 705 g/mol. The van der Waals surface area contributed by atoms with Gasteiger partial charge in [0.05, 0.1) is 53.9 Å². The average Bonchev–Trinajstić information content (AvgIpc) is 3.33. The van der Waals surface area contributed by atoms with Gasteiger partial charge in [0.1, 0.15) is 0 Å². The Bertz CT molecular complexity index is 1570. The summed E-state index contributed by atoms with van der Waals surface area (Å²) < 4.78 is 88.1. The van der Waals surface area contributed by atoms with Crippen LogP contribution in [-0.4, -0.2) is 53.7 Å². The van der Waals surface area contributed by atoms with Gasteiger partial charge >= 0.3 is 18.4 Å². The Morgan fingerprint density at radius 1 is 0.792 bits per heavy atom. The third kappa shape index (κ3) is 7.86. The zero-order chi connectivity index (χ0) is 33.0. The molecule has 0 radical (unpaired) electrons. The lowest BCUT2D eigenvalue weighted by Gasteiger charge is -2.55. The van der Waals surface area contributed by atoms with Crippen LogP contribution in [0.3, 0.4) is 0 Å². The fraction of sp³-hybridized carbons (Fsp3) is 0.441. The van der Waals surface area contributed by atoms with Crippen LogP contribution in [-0.2, 0) is 35.7 Å². The summed E-state index contributed by atoms with van der Waals surface area (Å²) in [5, 5.41) is 0.545. The Morgan fingerprint density at radius 2 is 1.38 bits per heavy atom. The standard InChI is InChI=1S/C34H33Cl2F6N2O2.ClH.H2O/c35-28-7-6-25(19-29(28)36)32(11-15-44-12-8-31(9-13-44,10-14-44)20-23-4-2-1-3-5-23)22-43(30(45)46-32)21-24-16-26(33(37,38)39)18-27(17-24)34(40,41)42;;/h1-7,16-19H,8-15,20-22H2;1H;1H2/q+1;;/p-1. The lowest BCUT2D eigenvalue weighted by Crippen LogP contribution is -3.00. The van der Waals surface area contributed by atoms with Crippen LogP contribution in [0.1, 0.15) is 53.5 Å². The molecule has 4 aliphatic heterocycles. The first-order valence-electron chi connectivity index (χ1n) is 15.2. The second kappa shape index (κ2) is 13.9. The SMILES string of the molecule is O.O=C1OC(CC[N+]23CCC(Cc4ccccc4)(CC2)CC3)(c2ccc(Cl)c(Cl)c2)CN1Cc1cc(C(F)(F)F)cc(C(F)(F)F)c1.[Cl-]. The quantitative estimate of drug-likeness (QED) is 0.220. The van der Waals surface area contributed by atoms with Crippen LogP contribution < -0.4 is 12.4 Å². The molecule has 1 unspecified atom stereocenters. The maximum Gasteiger partial charge on any atom is 0.416 e. The van der Waals surface area contributed by atoms with Crippen molar-refractivity contribution in [1.29, 1.82) is 0 Å². The summed E-state index contributed by atoms with van der Waals surface area (Å²) >= 11 is 12.5. The molecule has 2 bridgehead atoms. The maximum absolute atomic E-state index is 13.5. The lowest BCUT2D eigenvalue weighted by molar-refractivity contribution is -0.946. The summed E-state index contributed by atoms with van der Waals surface area (Å²) in [6, 6.07) is 16.8. The van der Waals surface area contributed by atoms with Gasteiger partial charge in [-0.2, -0.15) is 26.3 Å². The Labute approximate surface area is 291 Å². The van der Waals surface area contributed by atoms with E-state index in [9.17, 15) is 31.1 Å². The molecule has 0 aliphatic carbocycles. The number of carbonyl (C=O) groups is 1. The number of quaternary nitrogens is 1. The maximum atomic E-state index is 13.5. The first-order chi connectivity index (χ1) is 21.6. The molecule has 0 spiro atoms. The van der Waals surface area contributed by atoms with Gasteiger partial charge in [-0.1, -0.05) is 59.6 Å². The van der Waals surface area contributed by atoms with Crippen molar-refractivity contribution in [3.05, 3.63) is 105 Å². The van der Waals surface area contributed by atoms with Crippen LogP contribution >= 0.6 is 23.2 Å². The zero-order valence-electron chi connectivity index (χ0n) is 25.7. The predicted octanol–water partition coefficient (Wildman–Crippen LogP) is 5.69. The number of nitrogens with zero attached hydrogens (tertiary/aromatic N) is 2. The molecule has 4 heterocycles. The summed E-state index contributed by atoms with van der Waals surface area (Å²) in [5.74, 6) is 0. The molecule has 0 saturated carbocycles. The highest BCUT2D eigenvalue weighted by Crippen LogP contribution is 2.48. The molecule has 1 amide bonds.